The number of nitro benzene ring substituents is 1. The van der Waals surface area contributed by atoms with E-state index in [1.165, 1.54) is 12.1 Å². The molecule has 0 fully saturated rings. The van der Waals surface area contributed by atoms with Crippen molar-refractivity contribution in [3.05, 3.63) is 34.4 Å². The molecule has 0 saturated heterocycles. The van der Waals surface area contributed by atoms with Crippen LogP contribution in [0.25, 0.3) is 0 Å². The minimum Gasteiger partial charge on any atom is -0.468 e. The Hall–Kier alpha value is -2.00. The van der Waals surface area contributed by atoms with Gasteiger partial charge in [-0.15, -0.1) is 0 Å². The number of carbonyl (C=O) groups is 1. The molecule has 1 aromatic rings. The Labute approximate surface area is 128 Å². The average Bonchev–Trinajstić information content (AvgIpc) is 2.45. The first-order valence-electron chi connectivity index (χ1n) is 6.52. The van der Waals surface area contributed by atoms with Crippen molar-refractivity contribution in [2.75, 3.05) is 7.11 Å². The third-order valence-corrected chi connectivity index (χ3v) is 4.36. The van der Waals surface area contributed by atoms with Gasteiger partial charge in [0.05, 0.1) is 12.0 Å². The monoisotopic (exact) mass is 330 g/mol. The van der Waals surface area contributed by atoms with E-state index in [0.29, 0.717) is 0 Å². The molecule has 1 aromatic carbocycles. The molecule has 0 aliphatic carbocycles. The van der Waals surface area contributed by atoms with Crippen molar-refractivity contribution < 1.29 is 22.9 Å². The Bertz CT molecular complexity index is 656. The van der Waals surface area contributed by atoms with Gasteiger partial charge in [0.1, 0.15) is 6.04 Å². The lowest BCUT2D eigenvalue weighted by Crippen LogP contribution is -2.42. The first-order valence-corrected chi connectivity index (χ1v) is 8.01. The SMILES string of the molecule is COC(=O)[C@@H](CC(C)C)NS(=O)(=O)c1ccccc1[N+](=O)[O-]. The predicted molar refractivity (Wildman–Crippen MR) is 78.7 cm³/mol. The summed E-state index contributed by atoms with van der Waals surface area (Å²) in [6.45, 7) is 3.63. The Morgan fingerprint density at radius 1 is 1.36 bits per heavy atom. The van der Waals surface area contributed by atoms with E-state index in [4.69, 9.17) is 0 Å². The summed E-state index contributed by atoms with van der Waals surface area (Å²) in [7, 11) is -3.08. The summed E-state index contributed by atoms with van der Waals surface area (Å²) in [6, 6.07) is 3.84. The van der Waals surface area contributed by atoms with Crippen LogP contribution >= 0.6 is 0 Å². The van der Waals surface area contributed by atoms with Gasteiger partial charge in [-0.05, 0) is 18.4 Å². The summed E-state index contributed by atoms with van der Waals surface area (Å²) < 4.78 is 31.4. The van der Waals surface area contributed by atoms with Crippen molar-refractivity contribution >= 4 is 21.7 Å². The van der Waals surface area contributed by atoms with Crippen molar-refractivity contribution in [3.63, 3.8) is 0 Å². The molecule has 0 aromatic heterocycles. The van der Waals surface area contributed by atoms with Gasteiger partial charge in [0.25, 0.3) is 5.69 Å². The maximum absolute atomic E-state index is 12.3. The summed E-state index contributed by atoms with van der Waals surface area (Å²) in [5, 5.41) is 10.9. The van der Waals surface area contributed by atoms with Crippen LogP contribution in [0.5, 0.6) is 0 Å². The lowest BCUT2D eigenvalue weighted by molar-refractivity contribution is -0.387. The number of nitrogens with zero attached hydrogens (tertiary/aromatic N) is 1. The van der Waals surface area contributed by atoms with E-state index in [1.54, 1.807) is 0 Å². The zero-order chi connectivity index (χ0) is 16.9. The number of benzene rings is 1. The van der Waals surface area contributed by atoms with E-state index in [9.17, 15) is 23.3 Å². The number of nitrogens with one attached hydrogen (secondary N) is 1. The summed E-state index contributed by atoms with van der Waals surface area (Å²) in [5.41, 5.74) is -0.553. The highest BCUT2D eigenvalue weighted by molar-refractivity contribution is 7.89. The topological polar surface area (TPSA) is 116 Å². The molecule has 1 N–H and O–H groups in total. The first-order chi connectivity index (χ1) is 10.2. The van der Waals surface area contributed by atoms with Crippen molar-refractivity contribution in [1.82, 2.24) is 4.72 Å². The summed E-state index contributed by atoms with van der Waals surface area (Å²) >= 11 is 0. The second-order valence-electron chi connectivity index (χ2n) is 5.05. The highest BCUT2D eigenvalue weighted by Gasteiger charge is 2.31. The second-order valence-corrected chi connectivity index (χ2v) is 6.73. The molecule has 0 heterocycles. The van der Waals surface area contributed by atoms with Crippen LogP contribution in [0.4, 0.5) is 5.69 Å². The number of ether oxygens (including phenoxy) is 1. The second kappa shape index (κ2) is 7.32. The number of nitro groups is 1. The van der Waals surface area contributed by atoms with Crippen LogP contribution in [-0.4, -0.2) is 32.5 Å². The molecule has 9 heteroatoms. The number of para-hydroxylation sites is 1. The van der Waals surface area contributed by atoms with Gasteiger partial charge in [-0.2, -0.15) is 4.72 Å². The number of methoxy groups -OCH3 is 1. The first kappa shape index (κ1) is 18.1. The van der Waals surface area contributed by atoms with E-state index in [2.05, 4.69) is 9.46 Å². The smallest absolute Gasteiger partial charge is 0.323 e. The van der Waals surface area contributed by atoms with Crippen LogP contribution in [0.1, 0.15) is 20.3 Å². The van der Waals surface area contributed by atoms with Gasteiger partial charge in [-0.3, -0.25) is 14.9 Å². The summed E-state index contributed by atoms with van der Waals surface area (Å²) in [6.07, 6.45) is 0.215. The van der Waals surface area contributed by atoms with E-state index in [1.807, 2.05) is 13.8 Å². The van der Waals surface area contributed by atoms with Crippen molar-refractivity contribution in [2.45, 2.75) is 31.2 Å². The van der Waals surface area contributed by atoms with Crippen LogP contribution in [0.3, 0.4) is 0 Å². The zero-order valence-electron chi connectivity index (χ0n) is 12.5. The Kier molecular flexibility index (Phi) is 6.01. The quantitative estimate of drug-likeness (QED) is 0.460. The van der Waals surface area contributed by atoms with Crippen molar-refractivity contribution in [2.24, 2.45) is 5.92 Å². The van der Waals surface area contributed by atoms with Gasteiger partial charge in [0.15, 0.2) is 4.90 Å². The fourth-order valence-corrected chi connectivity index (χ4v) is 3.26. The highest BCUT2D eigenvalue weighted by Crippen LogP contribution is 2.23. The molecule has 0 aliphatic heterocycles. The Balaban J connectivity index is 3.18. The minimum atomic E-state index is -4.23. The van der Waals surface area contributed by atoms with Gasteiger partial charge in [0.2, 0.25) is 10.0 Å². The molecular weight excluding hydrogens is 312 g/mol. The fraction of sp³-hybridized carbons (Fsp3) is 0.462. The van der Waals surface area contributed by atoms with E-state index >= 15 is 0 Å². The number of carbonyl (C=O) groups excluding carboxylic acids is 1. The molecule has 1 atom stereocenters. The number of hydrogen-bond acceptors (Lipinski definition) is 6. The fourth-order valence-electron chi connectivity index (χ4n) is 1.89. The number of sulfonamides is 1. The van der Waals surface area contributed by atoms with Crippen LogP contribution in [0.2, 0.25) is 0 Å². The predicted octanol–water partition coefficient (Wildman–Crippen LogP) is 1.46. The summed E-state index contributed by atoms with van der Waals surface area (Å²) in [5.74, 6) is -0.714. The lowest BCUT2D eigenvalue weighted by atomic mass is 10.1. The van der Waals surface area contributed by atoms with E-state index < -0.39 is 37.5 Å². The van der Waals surface area contributed by atoms with E-state index in [0.717, 1.165) is 19.2 Å². The van der Waals surface area contributed by atoms with Gasteiger partial charge >= 0.3 is 5.97 Å². The van der Waals surface area contributed by atoms with Gasteiger partial charge in [-0.25, -0.2) is 8.42 Å². The molecule has 0 unspecified atom stereocenters. The van der Waals surface area contributed by atoms with Crippen molar-refractivity contribution in [3.8, 4) is 0 Å². The minimum absolute atomic E-state index is 0.0255. The van der Waals surface area contributed by atoms with E-state index in [-0.39, 0.29) is 12.3 Å². The molecule has 0 saturated carbocycles. The Morgan fingerprint density at radius 3 is 2.45 bits per heavy atom. The number of rotatable bonds is 7. The molecule has 0 radical (unpaired) electrons. The molecular formula is C13H18N2O6S. The van der Waals surface area contributed by atoms with Gasteiger partial charge < -0.3 is 4.74 Å². The third-order valence-electron chi connectivity index (χ3n) is 2.84. The van der Waals surface area contributed by atoms with Crippen LogP contribution in [0.15, 0.2) is 29.2 Å². The highest BCUT2D eigenvalue weighted by atomic mass is 32.2. The molecule has 22 heavy (non-hydrogen) atoms. The number of hydrogen-bond donors (Lipinski definition) is 1. The summed E-state index contributed by atoms with van der Waals surface area (Å²) in [4.78, 5) is 21.4. The lowest BCUT2D eigenvalue weighted by Gasteiger charge is -2.18. The molecule has 8 nitrogen and oxygen atoms in total. The third kappa shape index (κ3) is 4.50. The Morgan fingerprint density at radius 2 is 1.95 bits per heavy atom. The standard InChI is InChI=1S/C13H18N2O6S/c1-9(2)8-10(13(16)21-3)14-22(19,20)12-7-5-4-6-11(12)15(17)18/h4-7,9-10,14H,8H2,1-3H3/t10-/m1/s1. The number of esters is 1. The van der Waals surface area contributed by atoms with Crippen LogP contribution in [-0.2, 0) is 19.6 Å². The van der Waals surface area contributed by atoms with Crippen molar-refractivity contribution in [1.29, 1.82) is 0 Å². The molecule has 0 aliphatic rings. The molecule has 0 amide bonds. The zero-order valence-corrected chi connectivity index (χ0v) is 13.3. The average molecular weight is 330 g/mol. The molecule has 1 rings (SSSR count). The molecule has 0 spiro atoms. The van der Waals surface area contributed by atoms with Gasteiger partial charge in [0, 0.05) is 6.07 Å². The van der Waals surface area contributed by atoms with Crippen LogP contribution < -0.4 is 4.72 Å². The molecule has 0 bridgehead atoms. The maximum atomic E-state index is 12.3. The normalized spacial score (nSPS) is 12.9. The molecule has 122 valence electrons. The largest absolute Gasteiger partial charge is 0.468 e. The van der Waals surface area contributed by atoms with Gasteiger partial charge in [-0.1, -0.05) is 26.0 Å². The van der Waals surface area contributed by atoms with Crippen LogP contribution in [0, 0.1) is 16.0 Å². The maximum Gasteiger partial charge on any atom is 0.323 e.